The van der Waals surface area contributed by atoms with Crippen LogP contribution in [-0.2, 0) is 6.54 Å². The van der Waals surface area contributed by atoms with E-state index in [1.54, 1.807) is 7.11 Å². The van der Waals surface area contributed by atoms with Crippen LogP contribution in [0.3, 0.4) is 0 Å². The lowest BCUT2D eigenvalue weighted by molar-refractivity contribution is 0.243. The van der Waals surface area contributed by atoms with Gasteiger partial charge in [0.2, 0.25) is 0 Å². The van der Waals surface area contributed by atoms with Crippen LogP contribution in [0.1, 0.15) is 17.2 Å². The Labute approximate surface area is 127 Å². The second-order valence-corrected chi connectivity index (χ2v) is 5.35. The maximum atomic E-state index is 9.50. The Morgan fingerprint density at radius 3 is 2.55 bits per heavy atom. The number of hydrogen-bond acceptors (Lipinski definition) is 3. The lowest BCUT2D eigenvalue weighted by atomic mass is 10.1. The van der Waals surface area contributed by atoms with Crippen LogP contribution in [0.15, 0.2) is 53.0 Å². The van der Waals surface area contributed by atoms with Crippen molar-refractivity contribution in [1.82, 2.24) is 5.32 Å². The Balaban J connectivity index is 2.02. The summed E-state index contributed by atoms with van der Waals surface area (Å²) >= 11 is 3.47. The molecule has 0 bridgehead atoms. The maximum Gasteiger partial charge on any atom is 0.133 e. The number of nitrogens with one attached hydrogen (secondary N) is 1. The second kappa shape index (κ2) is 7.43. The number of halogens is 1. The van der Waals surface area contributed by atoms with Crippen molar-refractivity contribution in [3.05, 3.63) is 64.1 Å². The molecule has 2 aromatic rings. The van der Waals surface area contributed by atoms with Crippen LogP contribution in [0.4, 0.5) is 0 Å². The first-order valence-corrected chi connectivity index (χ1v) is 7.25. The Bertz CT molecular complexity index is 545. The van der Waals surface area contributed by atoms with E-state index in [0.717, 1.165) is 21.3 Å². The van der Waals surface area contributed by atoms with Gasteiger partial charge < -0.3 is 15.2 Å². The minimum absolute atomic E-state index is 0.0583. The van der Waals surface area contributed by atoms with Crippen molar-refractivity contribution in [2.45, 2.75) is 12.6 Å². The number of hydrogen-bond donors (Lipinski definition) is 2. The van der Waals surface area contributed by atoms with Crippen LogP contribution in [0.5, 0.6) is 5.75 Å². The van der Waals surface area contributed by atoms with E-state index >= 15 is 0 Å². The summed E-state index contributed by atoms with van der Waals surface area (Å²) in [4.78, 5) is 0. The van der Waals surface area contributed by atoms with Crippen LogP contribution >= 0.6 is 15.9 Å². The average Bonchev–Trinajstić information content (AvgIpc) is 2.49. The number of aliphatic hydroxyl groups excluding tert-OH is 1. The average molecular weight is 336 g/mol. The summed E-state index contributed by atoms with van der Waals surface area (Å²) in [6.07, 6.45) is 0. The van der Waals surface area contributed by atoms with Crippen molar-refractivity contribution in [3.63, 3.8) is 0 Å². The van der Waals surface area contributed by atoms with Gasteiger partial charge in [-0.25, -0.2) is 0 Å². The third-order valence-electron chi connectivity index (χ3n) is 3.15. The van der Waals surface area contributed by atoms with Gasteiger partial charge in [0, 0.05) is 6.54 Å². The minimum Gasteiger partial charge on any atom is -0.496 e. The lowest BCUT2D eigenvalue weighted by Gasteiger charge is -2.17. The summed E-state index contributed by atoms with van der Waals surface area (Å²) in [5, 5.41) is 12.9. The largest absolute Gasteiger partial charge is 0.496 e. The van der Waals surface area contributed by atoms with E-state index in [1.807, 2.05) is 48.5 Å². The number of rotatable bonds is 6. The molecule has 1 atom stereocenters. The normalized spacial score (nSPS) is 12.2. The highest BCUT2D eigenvalue weighted by Gasteiger charge is 2.09. The molecular formula is C16H18BrNO2. The van der Waals surface area contributed by atoms with Crippen molar-refractivity contribution in [3.8, 4) is 5.75 Å². The molecule has 0 amide bonds. The molecular weight excluding hydrogens is 318 g/mol. The van der Waals surface area contributed by atoms with Crippen molar-refractivity contribution >= 4 is 15.9 Å². The molecule has 20 heavy (non-hydrogen) atoms. The fourth-order valence-electron chi connectivity index (χ4n) is 2.03. The third-order valence-corrected chi connectivity index (χ3v) is 3.77. The molecule has 0 unspecified atom stereocenters. The van der Waals surface area contributed by atoms with Gasteiger partial charge in [-0.15, -0.1) is 0 Å². The van der Waals surface area contributed by atoms with Gasteiger partial charge >= 0.3 is 0 Å². The van der Waals surface area contributed by atoms with Gasteiger partial charge in [0.15, 0.2) is 0 Å². The molecule has 2 aromatic carbocycles. The van der Waals surface area contributed by atoms with Crippen LogP contribution < -0.4 is 10.1 Å². The van der Waals surface area contributed by atoms with Gasteiger partial charge in [-0.3, -0.25) is 0 Å². The van der Waals surface area contributed by atoms with Gasteiger partial charge in [0.1, 0.15) is 5.75 Å². The first-order valence-electron chi connectivity index (χ1n) is 6.46. The standard InChI is InChI=1S/C16H18BrNO2/c1-20-16-8-7-12(9-14(16)17)10-18-15(11-19)13-5-3-2-4-6-13/h2-9,15,18-19H,10-11H2,1H3/t15-/m0/s1. The highest BCUT2D eigenvalue weighted by molar-refractivity contribution is 9.10. The third kappa shape index (κ3) is 3.82. The first-order chi connectivity index (χ1) is 9.74. The van der Waals surface area contributed by atoms with Gasteiger partial charge in [0.25, 0.3) is 0 Å². The van der Waals surface area contributed by atoms with Crippen LogP contribution in [0.2, 0.25) is 0 Å². The topological polar surface area (TPSA) is 41.5 Å². The molecule has 0 saturated carbocycles. The monoisotopic (exact) mass is 335 g/mol. The summed E-state index contributed by atoms with van der Waals surface area (Å²) in [7, 11) is 1.65. The van der Waals surface area contributed by atoms with E-state index in [4.69, 9.17) is 4.74 Å². The number of aliphatic hydroxyl groups is 1. The molecule has 0 radical (unpaired) electrons. The Morgan fingerprint density at radius 1 is 1.20 bits per heavy atom. The highest BCUT2D eigenvalue weighted by atomic mass is 79.9. The van der Waals surface area contributed by atoms with Crippen molar-refractivity contribution in [1.29, 1.82) is 0 Å². The van der Waals surface area contributed by atoms with E-state index in [-0.39, 0.29) is 12.6 Å². The quantitative estimate of drug-likeness (QED) is 0.851. The van der Waals surface area contributed by atoms with E-state index in [1.165, 1.54) is 0 Å². The molecule has 0 aliphatic rings. The number of benzene rings is 2. The number of ether oxygens (including phenoxy) is 1. The number of methoxy groups -OCH3 is 1. The van der Waals surface area contributed by atoms with Crippen molar-refractivity contribution < 1.29 is 9.84 Å². The molecule has 106 valence electrons. The predicted octanol–water partition coefficient (Wildman–Crippen LogP) is 3.28. The van der Waals surface area contributed by atoms with Crippen LogP contribution in [0.25, 0.3) is 0 Å². The van der Waals surface area contributed by atoms with Crippen LogP contribution in [0, 0.1) is 0 Å². The molecule has 0 aliphatic carbocycles. The lowest BCUT2D eigenvalue weighted by Crippen LogP contribution is -2.23. The summed E-state index contributed by atoms with van der Waals surface area (Å²) in [5.74, 6) is 0.815. The molecule has 0 aliphatic heterocycles. The minimum atomic E-state index is -0.0583. The zero-order valence-electron chi connectivity index (χ0n) is 11.3. The SMILES string of the molecule is COc1ccc(CN[C@@H](CO)c2ccccc2)cc1Br. The Morgan fingerprint density at radius 2 is 1.95 bits per heavy atom. The molecule has 0 saturated heterocycles. The van der Waals surface area contributed by atoms with Gasteiger partial charge in [-0.05, 0) is 39.2 Å². The molecule has 0 fully saturated rings. The summed E-state index contributed by atoms with van der Waals surface area (Å²) < 4.78 is 6.14. The molecule has 0 heterocycles. The van der Waals surface area contributed by atoms with Crippen molar-refractivity contribution in [2.75, 3.05) is 13.7 Å². The predicted molar refractivity (Wildman–Crippen MR) is 83.8 cm³/mol. The summed E-state index contributed by atoms with van der Waals surface area (Å²) in [6.45, 7) is 0.754. The van der Waals surface area contributed by atoms with E-state index in [2.05, 4.69) is 21.2 Å². The Kier molecular flexibility index (Phi) is 5.59. The maximum absolute atomic E-state index is 9.50. The molecule has 0 aromatic heterocycles. The molecule has 2 N–H and O–H groups in total. The second-order valence-electron chi connectivity index (χ2n) is 4.50. The van der Waals surface area contributed by atoms with Gasteiger partial charge in [-0.2, -0.15) is 0 Å². The summed E-state index contributed by atoms with van der Waals surface area (Å²) in [6, 6.07) is 15.8. The molecule has 3 nitrogen and oxygen atoms in total. The van der Waals surface area contributed by atoms with E-state index in [0.29, 0.717) is 6.54 Å². The van der Waals surface area contributed by atoms with Gasteiger partial charge in [-0.1, -0.05) is 36.4 Å². The fraction of sp³-hybridized carbons (Fsp3) is 0.250. The van der Waals surface area contributed by atoms with Crippen molar-refractivity contribution in [2.24, 2.45) is 0 Å². The van der Waals surface area contributed by atoms with Crippen LogP contribution in [-0.4, -0.2) is 18.8 Å². The molecule has 4 heteroatoms. The molecule has 2 rings (SSSR count). The zero-order chi connectivity index (χ0) is 14.4. The first kappa shape index (κ1) is 15.0. The smallest absolute Gasteiger partial charge is 0.133 e. The highest BCUT2D eigenvalue weighted by Crippen LogP contribution is 2.25. The van der Waals surface area contributed by atoms with E-state index < -0.39 is 0 Å². The molecule has 0 spiro atoms. The van der Waals surface area contributed by atoms with Gasteiger partial charge in [0.05, 0.1) is 24.2 Å². The zero-order valence-corrected chi connectivity index (χ0v) is 12.9. The summed E-state index contributed by atoms with van der Waals surface area (Å²) in [5.41, 5.74) is 2.22. The fourth-order valence-corrected chi connectivity index (χ4v) is 2.62. The van der Waals surface area contributed by atoms with E-state index in [9.17, 15) is 5.11 Å². The Hall–Kier alpha value is -1.36.